The molecule has 0 saturated heterocycles. The SMILES string of the molecule is C=CC(=O)c1ccc(-c2ccc(-c3ccc(CCC)cc3)cc2F)cc1. The highest BCUT2D eigenvalue weighted by Gasteiger charge is 2.09. The predicted molar refractivity (Wildman–Crippen MR) is 106 cm³/mol. The molecule has 0 aromatic heterocycles. The first-order valence-electron chi connectivity index (χ1n) is 8.78. The number of benzene rings is 3. The Hall–Kier alpha value is -3.00. The second-order valence-corrected chi connectivity index (χ2v) is 6.29. The topological polar surface area (TPSA) is 17.1 Å². The lowest BCUT2D eigenvalue weighted by atomic mass is 9.97. The number of carbonyl (C=O) groups is 1. The molecule has 0 aliphatic rings. The van der Waals surface area contributed by atoms with Crippen LogP contribution in [0, 0.1) is 5.82 Å². The van der Waals surface area contributed by atoms with E-state index in [0.717, 1.165) is 29.5 Å². The van der Waals surface area contributed by atoms with Gasteiger partial charge in [-0.25, -0.2) is 4.39 Å². The van der Waals surface area contributed by atoms with Crippen LogP contribution in [0.1, 0.15) is 29.3 Å². The van der Waals surface area contributed by atoms with Crippen molar-refractivity contribution in [3.63, 3.8) is 0 Å². The van der Waals surface area contributed by atoms with Crippen LogP contribution in [0.25, 0.3) is 22.3 Å². The average Bonchev–Trinajstić information content (AvgIpc) is 2.68. The molecule has 0 amide bonds. The Morgan fingerprint density at radius 1 is 0.923 bits per heavy atom. The maximum Gasteiger partial charge on any atom is 0.185 e. The van der Waals surface area contributed by atoms with Crippen molar-refractivity contribution < 1.29 is 9.18 Å². The summed E-state index contributed by atoms with van der Waals surface area (Å²) in [4.78, 5) is 11.6. The Kier molecular flexibility index (Phi) is 5.43. The van der Waals surface area contributed by atoms with Gasteiger partial charge in [-0.3, -0.25) is 4.79 Å². The Labute approximate surface area is 153 Å². The Morgan fingerprint density at radius 2 is 1.54 bits per heavy atom. The third-order valence-electron chi connectivity index (χ3n) is 4.46. The zero-order valence-electron chi connectivity index (χ0n) is 14.8. The van der Waals surface area contributed by atoms with Gasteiger partial charge in [0.25, 0.3) is 0 Å². The van der Waals surface area contributed by atoms with E-state index < -0.39 is 0 Å². The van der Waals surface area contributed by atoms with Crippen molar-refractivity contribution in [1.82, 2.24) is 0 Å². The van der Waals surface area contributed by atoms with E-state index in [-0.39, 0.29) is 11.6 Å². The summed E-state index contributed by atoms with van der Waals surface area (Å²) < 4.78 is 14.7. The number of aryl methyl sites for hydroxylation is 1. The van der Waals surface area contributed by atoms with Gasteiger partial charge in [0.1, 0.15) is 5.82 Å². The zero-order valence-corrected chi connectivity index (χ0v) is 14.8. The van der Waals surface area contributed by atoms with Gasteiger partial charge in [0.2, 0.25) is 0 Å². The van der Waals surface area contributed by atoms with Gasteiger partial charge in [-0.1, -0.05) is 80.6 Å². The van der Waals surface area contributed by atoms with Crippen LogP contribution in [0.2, 0.25) is 0 Å². The number of halogens is 1. The highest BCUT2D eigenvalue weighted by atomic mass is 19.1. The minimum atomic E-state index is -0.275. The third-order valence-corrected chi connectivity index (χ3v) is 4.46. The van der Waals surface area contributed by atoms with Crippen molar-refractivity contribution in [1.29, 1.82) is 0 Å². The monoisotopic (exact) mass is 344 g/mol. The molecular weight excluding hydrogens is 323 g/mol. The predicted octanol–water partition coefficient (Wildman–Crippen LogP) is 6.48. The minimum absolute atomic E-state index is 0.140. The number of carbonyl (C=O) groups excluding carboxylic acids is 1. The van der Waals surface area contributed by atoms with Crippen LogP contribution < -0.4 is 0 Å². The summed E-state index contributed by atoms with van der Waals surface area (Å²) in [5.74, 6) is -0.415. The number of rotatable bonds is 6. The van der Waals surface area contributed by atoms with Crippen LogP contribution in [-0.2, 0) is 6.42 Å². The molecule has 0 bridgehead atoms. The molecule has 3 aromatic carbocycles. The van der Waals surface area contributed by atoms with E-state index >= 15 is 0 Å². The standard InChI is InChI=1S/C24H21FO/c1-3-5-17-6-8-18(9-7-17)21-14-15-22(23(25)16-21)19-10-12-20(13-11-19)24(26)4-2/h4,6-16H,2-3,5H2,1H3. The van der Waals surface area contributed by atoms with Gasteiger partial charge in [0, 0.05) is 11.1 Å². The molecule has 0 heterocycles. The van der Waals surface area contributed by atoms with Gasteiger partial charge in [-0.05, 0) is 40.8 Å². The molecule has 3 rings (SSSR count). The van der Waals surface area contributed by atoms with Gasteiger partial charge in [0.15, 0.2) is 5.78 Å². The molecule has 0 aliphatic heterocycles. The molecule has 2 heteroatoms. The van der Waals surface area contributed by atoms with Crippen LogP contribution in [0.3, 0.4) is 0 Å². The molecule has 130 valence electrons. The van der Waals surface area contributed by atoms with Gasteiger partial charge in [0.05, 0.1) is 0 Å². The summed E-state index contributed by atoms with van der Waals surface area (Å²) in [5, 5.41) is 0. The maximum absolute atomic E-state index is 14.7. The first-order valence-corrected chi connectivity index (χ1v) is 8.78. The zero-order chi connectivity index (χ0) is 18.5. The van der Waals surface area contributed by atoms with Crippen LogP contribution in [0.4, 0.5) is 4.39 Å². The fraction of sp³-hybridized carbons (Fsp3) is 0.125. The third kappa shape index (κ3) is 3.80. The molecule has 0 radical (unpaired) electrons. The quantitative estimate of drug-likeness (QED) is 0.369. The number of allylic oxidation sites excluding steroid dienone is 1. The molecule has 0 spiro atoms. The van der Waals surface area contributed by atoms with Crippen LogP contribution >= 0.6 is 0 Å². The van der Waals surface area contributed by atoms with Gasteiger partial charge in [-0.2, -0.15) is 0 Å². The molecule has 0 fully saturated rings. The van der Waals surface area contributed by atoms with E-state index in [1.165, 1.54) is 11.6 Å². The van der Waals surface area contributed by atoms with Crippen molar-refractivity contribution >= 4 is 5.78 Å². The van der Waals surface area contributed by atoms with Gasteiger partial charge in [-0.15, -0.1) is 0 Å². The van der Waals surface area contributed by atoms with Gasteiger partial charge < -0.3 is 0 Å². The van der Waals surface area contributed by atoms with E-state index in [1.54, 1.807) is 36.4 Å². The lowest BCUT2D eigenvalue weighted by Crippen LogP contribution is -1.93. The summed E-state index contributed by atoms with van der Waals surface area (Å²) in [7, 11) is 0. The molecule has 0 saturated carbocycles. The molecular formula is C24H21FO. The normalized spacial score (nSPS) is 10.5. The van der Waals surface area contributed by atoms with E-state index in [2.05, 4.69) is 25.6 Å². The summed E-state index contributed by atoms with van der Waals surface area (Å²) in [6.07, 6.45) is 3.44. The van der Waals surface area contributed by atoms with E-state index in [4.69, 9.17) is 0 Å². The summed E-state index contributed by atoms with van der Waals surface area (Å²) >= 11 is 0. The largest absolute Gasteiger partial charge is 0.289 e. The van der Waals surface area contributed by atoms with Crippen molar-refractivity contribution in [2.24, 2.45) is 0 Å². The highest BCUT2D eigenvalue weighted by molar-refractivity contribution is 6.04. The van der Waals surface area contributed by atoms with Crippen LogP contribution in [-0.4, -0.2) is 5.78 Å². The Bertz CT molecular complexity index is 921. The Morgan fingerprint density at radius 3 is 2.12 bits per heavy atom. The molecule has 0 aliphatic carbocycles. The fourth-order valence-corrected chi connectivity index (χ4v) is 3.01. The summed E-state index contributed by atoms with van der Waals surface area (Å²) in [5.41, 5.74) is 4.97. The lowest BCUT2D eigenvalue weighted by molar-refractivity contribution is 0.104. The molecule has 26 heavy (non-hydrogen) atoms. The average molecular weight is 344 g/mol. The summed E-state index contributed by atoms with van der Waals surface area (Å²) in [6, 6.07) is 20.4. The Balaban J connectivity index is 1.87. The number of hydrogen-bond donors (Lipinski definition) is 0. The molecule has 0 N–H and O–H groups in total. The lowest BCUT2D eigenvalue weighted by Gasteiger charge is -2.08. The van der Waals surface area contributed by atoms with Crippen molar-refractivity contribution in [3.05, 3.63) is 96.3 Å². The number of hydrogen-bond acceptors (Lipinski definition) is 1. The highest BCUT2D eigenvalue weighted by Crippen LogP contribution is 2.28. The first-order chi connectivity index (χ1) is 12.6. The minimum Gasteiger partial charge on any atom is -0.289 e. The molecule has 0 unspecified atom stereocenters. The molecule has 0 atom stereocenters. The van der Waals surface area contributed by atoms with Crippen molar-refractivity contribution in [2.45, 2.75) is 19.8 Å². The van der Waals surface area contributed by atoms with E-state index in [1.807, 2.05) is 18.2 Å². The smallest absolute Gasteiger partial charge is 0.185 e. The van der Waals surface area contributed by atoms with Gasteiger partial charge >= 0.3 is 0 Å². The van der Waals surface area contributed by atoms with Crippen LogP contribution in [0.5, 0.6) is 0 Å². The van der Waals surface area contributed by atoms with Crippen LogP contribution in [0.15, 0.2) is 79.4 Å². The molecule has 1 nitrogen and oxygen atoms in total. The summed E-state index contributed by atoms with van der Waals surface area (Å²) in [6.45, 7) is 5.63. The van der Waals surface area contributed by atoms with Crippen molar-refractivity contribution in [2.75, 3.05) is 0 Å². The number of ketones is 1. The second-order valence-electron chi connectivity index (χ2n) is 6.29. The molecule has 3 aromatic rings. The van der Waals surface area contributed by atoms with E-state index in [9.17, 15) is 9.18 Å². The van der Waals surface area contributed by atoms with Crippen molar-refractivity contribution in [3.8, 4) is 22.3 Å². The van der Waals surface area contributed by atoms with E-state index in [0.29, 0.717) is 11.1 Å². The maximum atomic E-state index is 14.7. The fourth-order valence-electron chi connectivity index (χ4n) is 3.01. The first kappa shape index (κ1) is 17.8. The second kappa shape index (κ2) is 7.92.